The van der Waals surface area contributed by atoms with E-state index >= 15 is 0 Å². The van der Waals surface area contributed by atoms with Crippen LogP contribution in [0.1, 0.15) is 11.1 Å². The van der Waals surface area contributed by atoms with E-state index in [-0.39, 0.29) is 12.5 Å². The molecule has 126 valence electrons. The molecule has 25 heavy (non-hydrogen) atoms. The first-order chi connectivity index (χ1) is 12.2. The molecule has 1 aromatic heterocycles. The third-order valence-corrected chi connectivity index (χ3v) is 3.58. The molecule has 0 aliphatic heterocycles. The summed E-state index contributed by atoms with van der Waals surface area (Å²) in [5.74, 6) is 0.354. The lowest BCUT2D eigenvalue weighted by molar-refractivity contribution is -0.123. The molecular formula is C19H18N4O2. The Kier molecular flexibility index (Phi) is 5.21. The van der Waals surface area contributed by atoms with Crippen molar-refractivity contribution in [2.45, 2.75) is 6.92 Å². The Hall–Kier alpha value is -3.41. The molecular weight excluding hydrogens is 316 g/mol. The summed E-state index contributed by atoms with van der Waals surface area (Å²) in [6.07, 6.45) is 3.21. The van der Waals surface area contributed by atoms with Crippen LogP contribution in [0.25, 0.3) is 11.3 Å². The van der Waals surface area contributed by atoms with E-state index in [9.17, 15) is 4.79 Å². The van der Waals surface area contributed by atoms with Crippen LogP contribution in [-0.2, 0) is 4.79 Å². The lowest BCUT2D eigenvalue weighted by Crippen LogP contribution is -2.24. The molecule has 0 aliphatic carbocycles. The summed E-state index contributed by atoms with van der Waals surface area (Å²) in [7, 11) is 0. The predicted molar refractivity (Wildman–Crippen MR) is 96.4 cm³/mol. The van der Waals surface area contributed by atoms with Crippen molar-refractivity contribution in [3.8, 4) is 17.0 Å². The third-order valence-electron chi connectivity index (χ3n) is 3.58. The number of rotatable bonds is 6. The van der Waals surface area contributed by atoms with Crippen molar-refractivity contribution in [1.82, 2.24) is 15.6 Å². The summed E-state index contributed by atoms with van der Waals surface area (Å²) >= 11 is 0. The van der Waals surface area contributed by atoms with Crippen molar-refractivity contribution in [2.75, 3.05) is 6.61 Å². The molecule has 1 heterocycles. The number of hydrazone groups is 1. The lowest BCUT2D eigenvalue weighted by atomic mass is 10.1. The molecule has 2 N–H and O–H groups in total. The van der Waals surface area contributed by atoms with Crippen LogP contribution < -0.4 is 10.2 Å². The molecule has 0 spiro atoms. The minimum atomic E-state index is -0.329. The normalized spacial score (nSPS) is 10.8. The maximum absolute atomic E-state index is 11.8. The molecule has 0 aliphatic rings. The van der Waals surface area contributed by atoms with Gasteiger partial charge in [0.1, 0.15) is 5.75 Å². The summed E-state index contributed by atoms with van der Waals surface area (Å²) < 4.78 is 5.47. The van der Waals surface area contributed by atoms with Crippen molar-refractivity contribution in [1.29, 1.82) is 0 Å². The Labute approximate surface area is 145 Å². The van der Waals surface area contributed by atoms with E-state index in [1.165, 1.54) is 0 Å². The van der Waals surface area contributed by atoms with Gasteiger partial charge in [-0.1, -0.05) is 48.5 Å². The molecule has 6 nitrogen and oxygen atoms in total. The van der Waals surface area contributed by atoms with Gasteiger partial charge in [-0.25, -0.2) is 5.43 Å². The second kappa shape index (κ2) is 7.92. The lowest BCUT2D eigenvalue weighted by Gasteiger charge is -2.07. The zero-order valence-corrected chi connectivity index (χ0v) is 13.8. The number of carbonyl (C=O) groups excluding carboxylic acids is 1. The number of aryl methyl sites for hydroxylation is 1. The van der Waals surface area contributed by atoms with Crippen LogP contribution in [0.5, 0.6) is 5.75 Å². The SMILES string of the molecule is Cc1ccccc1OCC(=O)NN=Cc1cn[nH]c1-c1ccccc1. The fraction of sp³-hybridized carbons (Fsp3) is 0.105. The zero-order chi connectivity index (χ0) is 17.5. The Morgan fingerprint density at radius 2 is 1.96 bits per heavy atom. The van der Waals surface area contributed by atoms with Crippen molar-refractivity contribution in [3.63, 3.8) is 0 Å². The maximum atomic E-state index is 11.8. The highest BCUT2D eigenvalue weighted by Gasteiger charge is 2.06. The van der Waals surface area contributed by atoms with Crippen LogP contribution in [0.4, 0.5) is 0 Å². The molecule has 0 radical (unpaired) electrons. The van der Waals surface area contributed by atoms with Crippen molar-refractivity contribution in [3.05, 3.63) is 71.9 Å². The first-order valence-corrected chi connectivity index (χ1v) is 7.83. The molecule has 0 unspecified atom stereocenters. The summed E-state index contributed by atoms with van der Waals surface area (Å²) in [5.41, 5.74) is 6.05. The van der Waals surface area contributed by atoms with Crippen LogP contribution in [-0.4, -0.2) is 28.9 Å². The number of nitrogens with one attached hydrogen (secondary N) is 2. The van der Waals surface area contributed by atoms with Gasteiger partial charge in [0.2, 0.25) is 0 Å². The molecule has 1 amide bonds. The number of carbonyl (C=O) groups is 1. The van der Waals surface area contributed by atoms with E-state index in [2.05, 4.69) is 20.7 Å². The van der Waals surface area contributed by atoms with E-state index in [0.717, 1.165) is 22.4 Å². The molecule has 0 atom stereocenters. The van der Waals surface area contributed by atoms with Gasteiger partial charge >= 0.3 is 0 Å². The molecule has 6 heteroatoms. The van der Waals surface area contributed by atoms with Crippen molar-refractivity contribution in [2.24, 2.45) is 5.10 Å². The average Bonchev–Trinajstić information content (AvgIpc) is 3.10. The first kappa shape index (κ1) is 16.4. The number of hydrogen-bond acceptors (Lipinski definition) is 4. The number of amides is 1. The molecule has 0 bridgehead atoms. The number of nitrogens with zero attached hydrogens (tertiary/aromatic N) is 2. The number of aromatic nitrogens is 2. The van der Waals surface area contributed by atoms with Gasteiger partial charge in [0.15, 0.2) is 6.61 Å². The van der Waals surface area contributed by atoms with E-state index < -0.39 is 0 Å². The van der Waals surface area contributed by atoms with Gasteiger partial charge < -0.3 is 4.74 Å². The van der Waals surface area contributed by atoms with Gasteiger partial charge in [-0.15, -0.1) is 0 Å². The van der Waals surface area contributed by atoms with Gasteiger partial charge in [0, 0.05) is 11.1 Å². The van der Waals surface area contributed by atoms with Crippen molar-refractivity contribution >= 4 is 12.1 Å². The summed E-state index contributed by atoms with van der Waals surface area (Å²) in [6, 6.07) is 17.3. The number of benzene rings is 2. The summed E-state index contributed by atoms with van der Waals surface area (Å²) in [5, 5.41) is 10.9. The highest BCUT2D eigenvalue weighted by Crippen LogP contribution is 2.19. The second-order valence-electron chi connectivity index (χ2n) is 5.41. The highest BCUT2D eigenvalue weighted by atomic mass is 16.5. The number of hydrogen-bond donors (Lipinski definition) is 2. The van der Waals surface area contributed by atoms with Gasteiger partial charge in [-0.2, -0.15) is 10.2 Å². The number of ether oxygens (including phenoxy) is 1. The number of H-pyrrole nitrogens is 1. The van der Waals surface area contributed by atoms with Gasteiger partial charge in [0.05, 0.1) is 18.1 Å². The Morgan fingerprint density at radius 3 is 2.76 bits per heavy atom. The number of para-hydroxylation sites is 1. The molecule has 3 rings (SSSR count). The second-order valence-corrected chi connectivity index (χ2v) is 5.41. The minimum absolute atomic E-state index is 0.0981. The van der Waals surface area contributed by atoms with E-state index in [1.807, 2.05) is 61.5 Å². The van der Waals surface area contributed by atoms with Gasteiger partial charge in [-0.05, 0) is 18.6 Å². The highest BCUT2D eigenvalue weighted by molar-refractivity contribution is 5.89. The largest absolute Gasteiger partial charge is 0.483 e. The minimum Gasteiger partial charge on any atom is -0.483 e. The van der Waals surface area contributed by atoms with Gasteiger partial charge in [-0.3, -0.25) is 9.89 Å². The first-order valence-electron chi connectivity index (χ1n) is 7.83. The summed E-state index contributed by atoms with van der Waals surface area (Å²) in [4.78, 5) is 11.8. The Balaban J connectivity index is 1.56. The number of aromatic amines is 1. The summed E-state index contributed by atoms with van der Waals surface area (Å²) in [6.45, 7) is 1.83. The predicted octanol–water partition coefficient (Wildman–Crippen LogP) is 2.91. The standard InChI is InChI=1S/C19H18N4O2/c1-14-7-5-6-10-17(14)25-13-18(24)22-20-11-16-12-21-23-19(16)15-8-3-2-4-9-15/h2-12H,13H2,1H3,(H,21,23)(H,22,24). The van der Waals surface area contributed by atoms with Crippen LogP contribution in [0, 0.1) is 6.92 Å². The fourth-order valence-corrected chi connectivity index (χ4v) is 2.30. The van der Waals surface area contributed by atoms with E-state index in [4.69, 9.17) is 4.74 Å². The van der Waals surface area contributed by atoms with Crippen LogP contribution >= 0.6 is 0 Å². The van der Waals surface area contributed by atoms with Gasteiger partial charge in [0.25, 0.3) is 5.91 Å². The van der Waals surface area contributed by atoms with Crippen LogP contribution in [0.15, 0.2) is 65.9 Å². The zero-order valence-electron chi connectivity index (χ0n) is 13.8. The topological polar surface area (TPSA) is 79.4 Å². The fourth-order valence-electron chi connectivity index (χ4n) is 2.30. The van der Waals surface area contributed by atoms with E-state index in [1.54, 1.807) is 12.4 Å². The third kappa shape index (κ3) is 4.32. The Morgan fingerprint density at radius 1 is 1.20 bits per heavy atom. The van der Waals surface area contributed by atoms with Crippen LogP contribution in [0.2, 0.25) is 0 Å². The molecule has 3 aromatic rings. The monoisotopic (exact) mass is 334 g/mol. The molecule has 0 fully saturated rings. The molecule has 0 saturated carbocycles. The Bertz CT molecular complexity index is 872. The molecule has 0 saturated heterocycles. The van der Waals surface area contributed by atoms with E-state index in [0.29, 0.717) is 5.75 Å². The maximum Gasteiger partial charge on any atom is 0.277 e. The quantitative estimate of drug-likeness (QED) is 0.537. The van der Waals surface area contributed by atoms with Crippen LogP contribution in [0.3, 0.4) is 0 Å². The smallest absolute Gasteiger partial charge is 0.277 e. The average molecular weight is 334 g/mol. The van der Waals surface area contributed by atoms with Crippen molar-refractivity contribution < 1.29 is 9.53 Å². The molecule has 2 aromatic carbocycles.